The van der Waals surface area contributed by atoms with Crippen LogP contribution < -0.4 is 10.9 Å². The van der Waals surface area contributed by atoms with Crippen LogP contribution in [0.2, 0.25) is 0 Å². The molecule has 0 saturated heterocycles. The first kappa shape index (κ1) is 14.9. The Morgan fingerprint density at radius 1 is 1.43 bits per heavy atom. The summed E-state index contributed by atoms with van der Waals surface area (Å²) in [5.74, 6) is 0.333. The van der Waals surface area contributed by atoms with Crippen LogP contribution in [-0.4, -0.2) is 30.5 Å². The predicted molar refractivity (Wildman–Crippen MR) is 75.7 cm³/mol. The second kappa shape index (κ2) is 6.29. The van der Waals surface area contributed by atoms with E-state index in [0.29, 0.717) is 5.82 Å². The zero-order valence-corrected chi connectivity index (χ0v) is 12.3. The minimum Gasteiger partial charge on any atom is -0.341 e. The summed E-state index contributed by atoms with van der Waals surface area (Å²) in [4.78, 5) is 27.6. The van der Waals surface area contributed by atoms with Crippen molar-refractivity contribution in [1.82, 2.24) is 29.9 Å². The van der Waals surface area contributed by atoms with Gasteiger partial charge in [0, 0.05) is 19.7 Å². The highest BCUT2D eigenvalue weighted by molar-refractivity contribution is 5.92. The lowest BCUT2D eigenvalue weighted by atomic mass is 10.2. The van der Waals surface area contributed by atoms with E-state index in [1.54, 1.807) is 4.68 Å². The monoisotopic (exact) mass is 290 g/mol. The zero-order valence-electron chi connectivity index (χ0n) is 12.3. The van der Waals surface area contributed by atoms with E-state index in [2.05, 4.69) is 20.5 Å². The molecule has 0 aliphatic rings. The van der Waals surface area contributed by atoms with Gasteiger partial charge in [0.05, 0.1) is 6.04 Å². The molecule has 112 valence electrons. The van der Waals surface area contributed by atoms with Crippen molar-refractivity contribution in [1.29, 1.82) is 0 Å². The van der Waals surface area contributed by atoms with E-state index in [1.165, 1.54) is 25.5 Å². The fraction of sp³-hybridized carbons (Fsp3) is 0.462. The van der Waals surface area contributed by atoms with E-state index in [0.717, 1.165) is 17.6 Å². The van der Waals surface area contributed by atoms with Gasteiger partial charge in [0.25, 0.3) is 11.5 Å². The number of amides is 1. The molecule has 1 unspecified atom stereocenters. The molecule has 8 heteroatoms. The fourth-order valence-corrected chi connectivity index (χ4v) is 1.95. The number of aromatic nitrogens is 5. The normalized spacial score (nSPS) is 12.1. The van der Waals surface area contributed by atoms with Crippen molar-refractivity contribution in [3.63, 3.8) is 0 Å². The Morgan fingerprint density at radius 3 is 2.86 bits per heavy atom. The molecule has 1 atom stereocenters. The molecule has 2 rings (SSSR count). The summed E-state index contributed by atoms with van der Waals surface area (Å²) in [6.45, 7) is 4.62. The van der Waals surface area contributed by atoms with Gasteiger partial charge in [-0.3, -0.25) is 9.59 Å². The average Bonchev–Trinajstić information content (AvgIpc) is 2.90. The molecule has 1 amide bonds. The van der Waals surface area contributed by atoms with Crippen LogP contribution in [-0.2, 0) is 13.6 Å². The van der Waals surface area contributed by atoms with Crippen molar-refractivity contribution >= 4 is 5.91 Å². The first-order valence-corrected chi connectivity index (χ1v) is 6.76. The zero-order chi connectivity index (χ0) is 15.4. The van der Waals surface area contributed by atoms with Crippen molar-refractivity contribution in [3.8, 4) is 0 Å². The summed E-state index contributed by atoms with van der Waals surface area (Å²) in [5, 5.41) is 10.8. The van der Waals surface area contributed by atoms with Gasteiger partial charge < -0.3 is 5.32 Å². The van der Waals surface area contributed by atoms with Gasteiger partial charge in [0.2, 0.25) is 0 Å². The van der Waals surface area contributed by atoms with E-state index in [9.17, 15) is 9.59 Å². The highest BCUT2D eigenvalue weighted by Crippen LogP contribution is 2.09. The Hall–Kier alpha value is -2.51. The molecular weight excluding hydrogens is 272 g/mol. The Labute approximate surface area is 121 Å². The number of aryl methyl sites for hydroxylation is 2. The van der Waals surface area contributed by atoms with Crippen LogP contribution >= 0.6 is 0 Å². The van der Waals surface area contributed by atoms with Crippen LogP contribution in [0.4, 0.5) is 0 Å². The van der Waals surface area contributed by atoms with E-state index in [1.807, 2.05) is 13.8 Å². The minimum atomic E-state index is -0.357. The summed E-state index contributed by atoms with van der Waals surface area (Å²) in [6.07, 6.45) is 2.40. The van der Waals surface area contributed by atoms with Gasteiger partial charge in [0.15, 0.2) is 0 Å². The Balaban J connectivity index is 2.13. The minimum absolute atomic E-state index is 0.186. The maximum atomic E-state index is 12.1. The lowest BCUT2D eigenvalue weighted by molar-refractivity contribution is 0.0930. The van der Waals surface area contributed by atoms with Gasteiger partial charge in [-0.2, -0.15) is 10.2 Å². The molecule has 8 nitrogen and oxygen atoms in total. The molecule has 0 bridgehead atoms. The maximum Gasteiger partial charge on any atom is 0.272 e. The first-order valence-electron chi connectivity index (χ1n) is 6.76. The molecule has 0 spiro atoms. The molecule has 0 saturated carbocycles. The Morgan fingerprint density at radius 2 is 2.19 bits per heavy atom. The predicted octanol–water partition coefficient (Wildman–Crippen LogP) is 0.273. The number of carbonyl (C=O) groups excluding carboxylic acids is 1. The SMILES string of the molecule is CCCn1ncnc1C(C)NC(=O)c1ccc(=O)n(C)n1. The maximum absolute atomic E-state index is 12.1. The van der Waals surface area contributed by atoms with Crippen molar-refractivity contribution in [2.75, 3.05) is 0 Å². The summed E-state index contributed by atoms with van der Waals surface area (Å²) in [7, 11) is 1.50. The smallest absolute Gasteiger partial charge is 0.272 e. The first-order chi connectivity index (χ1) is 10.0. The number of nitrogens with zero attached hydrogens (tertiary/aromatic N) is 5. The highest BCUT2D eigenvalue weighted by Gasteiger charge is 2.17. The standard InChI is InChI=1S/C13H18N6O2/c1-4-7-19-12(14-8-15-19)9(2)16-13(21)10-5-6-11(20)18(3)17-10/h5-6,8-9H,4,7H2,1-3H3,(H,16,21). The Kier molecular flexibility index (Phi) is 4.46. The molecule has 2 aromatic rings. The van der Waals surface area contributed by atoms with Crippen LogP contribution in [0.1, 0.15) is 42.6 Å². The quantitative estimate of drug-likeness (QED) is 0.853. The number of rotatable bonds is 5. The molecule has 0 aliphatic heterocycles. The molecule has 21 heavy (non-hydrogen) atoms. The average molecular weight is 290 g/mol. The lowest BCUT2D eigenvalue weighted by Crippen LogP contribution is -2.31. The molecular formula is C13H18N6O2. The van der Waals surface area contributed by atoms with E-state index < -0.39 is 0 Å². The van der Waals surface area contributed by atoms with Crippen molar-refractivity contribution in [2.24, 2.45) is 7.05 Å². The van der Waals surface area contributed by atoms with Gasteiger partial charge in [-0.15, -0.1) is 0 Å². The number of hydrogen-bond donors (Lipinski definition) is 1. The third-order valence-electron chi connectivity index (χ3n) is 3.01. The van der Waals surface area contributed by atoms with E-state index in [-0.39, 0.29) is 23.2 Å². The van der Waals surface area contributed by atoms with E-state index in [4.69, 9.17) is 0 Å². The molecule has 0 radical (unpaired) electrons. The summed E-state index contributed by atoms with van der Waals surface area (Å²) >= 11 is 0. The number of carbonyl (C=O) groups is 1. The van der Waals surface area contributed by atoms with Crippen LogP contribution in [0, 0.1) is 0 Å². The van der Waals surface area contributed by atoms with Crippen LogP contribution in [0.3, 0.4) is 0 Å². The van der Waals surface area contributed by atoms with Crippen molar-refractivity contribution in [2.45, 2.75) is 32.9 Å². The van der Waals surface area contributed by atoms with E-state index >= 15 is 0 Å². The van der Waals surface area contributed by atoms with Crippen LogP contribution in [0.25, 0.3) is 0 Å². The third kappa shape index (κ3) is 3.33. The van der Waals surface area contributed by atoms with Crippen molar-refractivity contribution < 1.29 is 4.79 Å². The van der Waals surface area contributed by atoms with Crippen LogP contribution in [0.15, 0.2) is 23.3 Å². The second-order valence-corrected chi connectivity index (χ2v) is 4.72. The number of hydrogen-bond acceptors (Lipinski definition) is 5. The molecule has 1 N–H and O–H groups in total. The molecule has 2 aromatic heterocycles. The van der Waals surface area contributed by atoms with Gasteiger partial charge in [0.1, 0.15) is 17.8 Å². The molecule has 0 fully saturated rings. The van der Waals surface area contributed by atoms with Gasteiger partial charge >= 0.3 is 0 Å². The molecule has 2 heterocycles. The highest BCUT2D eigenvalue weighted by atomic mass is 16.2. The summed E-state index contributed by atoms with van der Waals surface area (Å²) in [5.41, 5.74) is -0.0761. The van der Waals surface area contributed by atoms with Crippen LogP contribution in [0.5, 0.6) is 0 Å². The largest absolute Gasteiger partial charge is 0.341 e. The fourth-order valence-electron chi connectivity index (χ4n) is 1.95. The van der Waals surface area contributed by atoms with Gasteiger partial charge in [-0.25, -0.2) is 14.3 Å². The van der Waals surface area contributed by atoms with Crippen molar-refractivity contribution in [3.05, 3.63) is 40.3 Å². The Bertz CT molecular complexity index is 690. The molecule has 0 aliphatic carbocycles. The summed E-state index contributed by atoms with van der Waals surface area (Å²) < 4.78 is 2.89. The summed E-state index contributed by atoms with van der Waals surface area (Å²) in [6, 6.07) is 2.42. The van der Waals surface area contributed by atoms with Gasteiger partial charge in [-0.05, 0) is 19.4 Å². The number of nitrogens with one attached hydrogen (secondary N) is 1. The topological polar surface area (TPSA) is 94.7 Å². The molecule has 0 aromatic carbocycles. The lowest BCUT2D eigenvalue weighted by Gasteiger charge is -2.14. The third-order valence-corrected chi connectivity index (χ3v) is 3.01. The second-order valence-electron chi connectivity index (χ2n) is 4.72. The van der Waals surface area contributed by atoms with Gasteiger partial charge in [-0.1, -0.05) is 6.92 Å².